The summed E-state index contributed by atoms with van der Waals surface area (Å²) in [6.45, 7) is 0. The van der Waals surface area contributed by atoms with Gasteiger partial charge in [-0.15, -0.1) is 11.6 Å². The molecular weight excluding hydrogens is 423 g/mol. The fourth-order valence-electron chi connectivity index (χ4n) is 6.39. The Hall–Kier alpha value is -2.11. The maximum absolute atomic E-state index is 12.6. The number of hydrogen-bond acceptors (Lipinski definition) is 3. The lowest BCUT2D eigenvalue weighted by Gasteiger charge is -2.60. The van der Waals surface area contributed by atoms with Crippen molar-refractivity contribution in [2.75, 3.05) is 5.32 Å². The number of nitrogens with one attached hydrogen (secondary N) is 1. The van der Waals surface area contributed by atoms with Gasteiger partial charge in [-0.2, -0.15) is 0 Å². The number of alkyl halides is 1. The molecule has 4 aliphatic carbocycles. The van der Waals surface area contributed by atoms with Crippen LogP contribution in [0.1, 0.15) is 54.4 Å². The highest BCUT2D eigenvalue weighted by molar-refractivity contribution is 6.34. The fraction of sp³-hybridized carbons (Fsp3) is 0.435. The smallest absolute Gasteiger partial charge is 0.270 e. The van der Waals surface area contributed by atoms with Crippen LogP contribution in [0.4, 0.5) is 11.4 Å². The monoisotopic (exact) mass is 444 g/mol. The van der Waals surface area contributed by atoms with E-state index in [9.17, 15) is 14.9 Å². The van der Waals surface area contributed by atoms with Crippen molar-refractivity contribution in [2.24, 2.45) is 11.8 Å². The third-order valence-corrected chi connectivity index (χ3v) is 7.92. The van der Waals surface area contributed by atoms with Crippen LogP contribution >= 0.6 is 23.2 Å². The fourth-order valence-corrected chi connectivity index (χ4v) is 7.29. The lowest BCUT2D eigenvalue weighted by Crippen LogP contribution is -2.55. The number of amides is 1. The molecular formula is C23H22Cl2N2O3. The molecule has 4 saturated carbocycles. The molecule has 0 saturated heterocycles. The number of anilines is 1. The first-order valence-corrected chi connectivity index (χ1v) is 11.1. The second-order valence-corrected chi connectivity index (χ2v) is 10.6. The van der Waals surface area contributed by atoms with Crippen molar-refractivity contribution in [1.82, 2.24) is 0 Å². The first kappa shape index (κ1) is 19.8. The summed E-state index contributed by atoms with van der Waals surface area (Å²) in [5, 5.41) is 14.0. The van der Waals surface area contributed by atoms with E-state index in [1.807, 2.05) is 12.1 Å². The van der Waals surface area contributed by atoms with Crippen LogP contribution in [0, 0.1) is 22.0 Å². The van der Waals surface area contributed by atoms with E-state index in [0.717, 1.165) is 31.1 Å². The van der Waals surface area contributed by atoms with Gasteiger partial charge in [0.05, 0.1) is 15.5 Å². The Morgan fingerprint density at radius 1 is 1.07 bits per heavy atom. The van der Waals surface area contributed by atoms with E-state index in [2.05, 4.69) is 17.4 Å². The van der Waals surface area contributed by atoms with Gasteiger partial charge in [0.15, 0.2) is 0 Å². The number of nitrogens with zero attached hydrogens (tertiary/aromatic N) is 1. The predicted molar refractivity (Wildman–Crippen MR) is 117 cm³/mol. The maximum Gasteiger partial charge on any atom is 0.270 e. The van der Waals surface area contributed by atoms with Crippen LogP contribution in [-0.4, -0.2) is 15.7 Å². The number of rotatable bonds is 4. The number of halogens is 2. The molecule has 0 unspecified atom stereocenters. The largest absolute Gasteiger partial charge is 0.322 e. The number of hydrogen-bond donors (Lipinski definition) is 1. The van der Waals surface area contributed by atoms with Crippen LogP contribution in [0.3, 0.4) is 0 Å². The second kappa shape index (κ2) is 6.96. The molecule has 2 atom stereocenters. The van der Waals surface area contributed by atoms with E-state index in [4.69, 9.17) is 23.2 Å². The standard InChI is InChI=1S/C23H22Cl2N2O3/c24-20-6-5-18(27(29)30)8-19(20)21(28)26-17-3-1-16(2-4-17)22-9-14-7-15(10-22)12-23(25,11-14)13-22/h1-6,8,14-15H,7,9-13H2,(H,26,28)/t14-,15-,22?,23?/m1/s1. The third kappa shape index (κ3) is 3.38. The van der Waals surface area contributed by atoms with E-state index < -0.39 is 10.8 Å². The zero-order valence-corrected chi connectivity index (χ0v) is 17.9. The first-order chi connectivity index (χ1) is 14.3. The first-order valence-electron chi connectivity index (χ1n) is 10.3. The van der Waals surface area contributed by atoms with Crippen molar-refractivity contribution in [2.45, 2.75) is 48.8 Å². The lowest BCUT2D eigenvalue weighted by molar-refractivity contribution is -0.384. The summed E-state index contributed by atoms with van der Waals surface area (Å²) < 4.78 is 0. The molecule has 0 spiro atoms. The Morgan fingerprint density at radius 2 is 1.73 bits per heavy atom. The number of carbonyl (C=O) groups is 1. The van der Waals surface area contributed by atoms with Crippen LogP contribution in [0.2, 0.25) is 5.02 Å². The summed E-state index contributed by atoms with van der Waals surface area (Å²) in [7, 11) is 0. The topological polar surface area (TPSA) is 72.2 Å². The Morgan fingerprint density at radius 3 is 2.33 bits per heavy atom. The van der Waals surface area contributed by atoms with Crippen molar-refractivity contribution in [3.05, 3.63) is 68.7 Å². The predicted octanol–water partition coefficient (Wildman–Crippen LogP) is 6.33. The molecule has 0 aliphatic heterocycles. The molecule has 5 nitrogen and oxygen atoms in total. The third-order valence-electron chi connectivity index (χ3n) is 7.15. The summed E-state index contributed by atoms with van der Waals surface area (Å²) >= 11 is 13.1. The van der Waals surface area contributed by atoms with E-state index in [0.29, 0.717) is 5.69 Å². The summed E-state index contributed by atoms with van der Waals surface area (Å²) in [6.07, 6.45) is 7.04. The molecule has 156 valence electrons. The average Bonchev–Trinajstić information content (AvgIpc) is 2.66. The minimum Gasteiger partial charge on any atom is -0.322 e. The normalized spacial score (nSPS) is 31.5. The molecule has 2 aromatic rings. The van der Waals surface area contributed by atoms with Gasteiger partial charge in [-0.1, -0.05) is 23.7 Å². The minimum atomic E-state index is -0.545. The Bertz CT molecular complexity index is 1020. The lowest BCUT2D eigenvalue weighted by atomic mass is 9.47. The molecule has 4 bridgehead atoms. The van der Waals surface area contributed by atoms with Gasteiger partial charge in [-0.05, 0) is 79.5 Å². The van der Waals surface area contributed by atoms with Crippen LogP contribution < -0.4 is 5.32 Å². The quantitative estimate of drug-likeness (QED) is 0.340. The number of non-ortho nitro benzene ring substituents is 1. The molecule has 1 N–H and O–H groups in total. The van der Waals surface area contributed by atoms with E-state index in [1.54, 1.807) is 0 Å². The summed E-state index contributed by atoms with van der Waals surface area (Å²) in [5.74, 6) is 0.976. The SMILES string of the molecule is O=C(Nc1ccc(C23C[C@H]4C[C@@H](CC(Cl)(C4)C2)C3)cc1)c1cc([N+](=O)[O-])ccc1Cl. The highest BCUT2D eigenvalue weighted by Gasteiger charge is 2.57. The van der Waals surface area contributed by atoms with Gasteiger partial charge in [0.2, 0.25) is 0 Å². The molecule has 2 aromatic carbocycles. The minimum absolute atomic E-state index is 0.0459. The Balaban J connectivity index is 1.36. The number of nitro groups is 1. The zero-order valence-electron chi connectivity index (χ0n) is 16.4. The van der Waals surface area contributed by atoms with Gasteiger partial charge in [0, 0.05) is 22.7 Å². The molecule has 0 heterocycles. The molecule has 4 fully saturated rings. The van der Waals surface area contributed by atoms with Crippen LogP contribution in [0.15, 0.2) is 42.5 Å². The van der Waals surface area contributed by atoms with Gasteiger partial charge < -0.3 is 5.32 Å². The zero-order chi connectivity index (χ0) is 21.1. The molecule has 7 heteroatoms. The highest BCUT2D eigenvalue weighted by Crippen LogP contribution is 2.64. The van der Waals surface area contributed by atoms with E-state index >= 15 is 0 Å². The highest BCUT2D eigenvalue weighted by atomic mass is 35.5. The van der Waals surface area contributed by atoms with Crippen molar-refractivity contribution >= 4 is 40.5 Å². The Labute approximate surface area is 184 Å². The van der Waals surface area contributed by atoms with Gasteiger partial charge >= 0.3 is 0 Å². The van der Waals surface area contributed by atoms with Gasteiger partial charge in [-0.3, -0.25) is 14.9 Å². The summed E-state index contributed by atoms with van der Waals surface area (Å²) in [5.41, 5.74) is 2.00. The van der Waals surface area contributed by atoms with Crippen molar-refractivity contribution in [1.29, 1.82) is 0 Å². The van der Waals surface area contributed by atoms with Crippen LogP contribution in [-0.2, 0) is 5.41 Å². The number of benzene rings is 2. The molecule has 6 rings (SSSR count). The summed E-state index contributed by atoms with van der Waals surface area (Å²) in [4.78, 5) is 23.0. The second-order valence-electron chi connectivity index (χ2n) is 9.34. The van der Waals surface area contributed by atoms with Gasteiger partial charge in [0.25, 0.3) is 11.6 Å². The van der Waals surface area contributed by atoms with Crippen molar-refractivity contribution in [3.8, 4) is 0 Å². The molecule has 1 amide bonds. The average molecular weight is 445 g/mol. The molecule has 30 heavy (non-hydrogen) atoms. The van der Waals surface area contributed by atoms with Gasteiger partial charge in [-0.25, -0.2) is 0 Å². The maximum atomic E-state index is 12.6. The van der Waals surface area contributed by atoms with Crippen LogP contribution in [0.5, 0.6) is 0 Å². The molecule has 0 radical (unpaired) electrons. The number of carbonyl (C=O) groups excluding carboxylic acids is 1. The molecule has 0 aromatic heterocycles. The van der Waals surface area contributed by atoms with Crippen molar-refractivity contribution in [3.63, 3.8) is 0 Å². The molecule has 4 aliphatic rings. The van der Waals surface area contributed by atoms with E-state index in [-0.39, 0.29) is 26.6 Å². The van der Waals surface area contributed by atoms with Gasteiger partial charge in [0.1, 0.15) is 0 Å². The van der Waals surface area contributed by atoms with E-state index in [1.165, 1.54) is 43.0 Å². The summed E-state index contributed by atoms with van der Waals surface area (Å²) in [6, 6.07) is 11.8. The number of nitro benzene ring substituents is 1. The van der Waals surface area contributed by atoms with Crippen molar-refractivity contribution < 1.29 is 9.72 Å². The Kier molecular flexibility index (Phi) is 4.60. The van der Waals surface area contributed by atoms with Crippen LogP contribution in [0.25, 0.3) is 0 Å².